The van der Waals surface area contributed by atoms with Gasteiger partial charge in [0.15, 0.2) is 0 Å². The van der Waals surface area contributed by atoms with Gasteiger partial charge in [0.25, 0.3) is 0 Å². The summed E-state index contributed by atoms with van der Waals surface area (Å²) >= 11 is -0.826. The van der Waals surface area contributed by atoms with E-state index >= 15 is 0 Å². The van der Waals surface area contributed by atoms with Crippen molar-refractivity contribution in [2.45, 2.75) is 27.7 Å². The first-order chi connectivity index (χ1) is 16.9. The predicted octanol–water partition coefficient (Wildman–Crippen LogP) is 9.31. The number of nitrogens with zero attached hydrogens (tertiary/aromatic N) is 2. The zero-order chi connectivity index (χ0) is 24.9. The Morgan fingerprint density at radius 3 is 2.06 bits per heavy atom. The topological polar surface area (TPSA) is 9.86 Å². The molecule has 2 nitrogen and oxygen atoms in total. The second-order valence-electron chi connectivity index (χ2n) is 8.77. The van der Waals surface area contributed by atoms with Crippen molar-refractivity contribution in [3.63, 3.8) is 0 Å². The molecular weight excluding hydrogens is 550 g/mol. The molecule has 0 radical (unpaired) electrons. The van der Waals surface area contributed by atoms with Crippen LogP contribution in [-0.2, 0) is 20.8 Å². The van der Waals surface area contributed by atoms with E-state index in [1.54, 1.807) is 0 Å². The Labute approximate surface area is 226 Å². The summed E-state index contributed by atoms with van der Waals surface area (Å²) in [6, 6.07) is 28.2. The van der Waals surface area contributed by atoms with Crippen molar-refractivity contribution in [2.75, 3.05) is 0 Å². The molecule has 0 unspecified atom stereocenters. The van der Waals surface area contributed by atoms with E-state index in [0.717, 1.165) is 0 Å². The molecule has 0 aliphatic heterocycles. The SMILES string of the molecule is Cc1cc(C)n(-c2cc3ccccc3[cH-]2)c1.Cc1ccc(C)c2[cH-]c(-n3cccc3)cc12.[Cl][Zr+2][Cl]. The van der Waals surface area contributed by atoms with Crippen LogP contribution in [0.15, 0.2) is 97.5 Å². The molecule has 0 saturated carbocycles. The van der Waals surface area contributed by atoms with E-state index in [4.69, 9.17) is 17.0 Å². The molecule has 0 spiro atoms. The molecule has 35 heavy (non-hydrogen) atoms. The molecule has 2 heterocycles. The van der Waals surface area contributed by atoms with Crippen LogP contribution in [0, 0.1) is 27.7 Å². The molecule has 0 aliphatic carbocycles. The molecule has 0 fully saturated rings. The van der Waals surface area contributed by atoms with Crippen LogP contribution in [0.3, 0.4) is 0 Å². The van der Waals surface area contributed by atoms with Gasteiger partial charge in [0, 0.05) is 24.3 Å². The van der Waals surface area contributed by atoms with Crippen LogP contribution < -0.4 is 0 Å². The zero-order valence-corrected chi connectivity index (χ0v) is 24.4. The number of halogens is 2. The van der Waals surface area contributed by atoms with Gasteiger partial charge >= 0.3 is 37.9 Å². The summed E-state index contributed by atoms with van der Waals surface area (Å²) < 4.78 is 4.40. The molecule has 0 amide bonds. The van der Waals surface area contributed by atoms with Crippen LogP contribution in [0.25, 0.3) is 32.9 Å². The molecule has 5 heteroatoms. The average Bonchev–Trinajstić information content (AvgIpc) is 3.62. The fourth-order valence-electron chi connectivity index (χ4n) is 4.52. The summed E-state index contributed by atoms with van der Waals surface area (Å²) in [5.41, 5.74) is 7.79. The molecule has 0 saturated heterocycles. The Morgan fingerprint density at radius 2 is 1.43 bits per heavy atom. The minimum atomic E-state index is -0.826. The van der Waals surface area contributed by atoms with Gasteiger partial charge in [0.2, 0.25) is 0 Å². The first-order valence-electron chi connectivity index (χ1n) is 11.5. The summed E-state index contributed by atoms with van der Waals surface area (Å²) in [7, 11) is 9.87. The van der Waals surface area contributed by atoms with Crippen LogP contribution in [0.5, 0.6) is 0 Å². The van der Waals surface area contributed by atoms with Crippen molar-refractivity contribution in [1.82, 2.24) is 9.13 Å². The molecular formula is C30H28Cl2N2Zr. The standard InChI is InChI=1S/2C15H14N.2ClH.Zr/c1-11-5-6-12(2)15-10-13(9-14(11)15)16-7-3-4-8-16;1-11-7-12(2)16(10-11)15-8-13-5-3-4-6-14(13)9-15;;;/h2*3-10H,1-2H3;2*1H;/q2*-1;;;+4/p-2. The second-order valence-corrected chi connectivity index (χ2v) is 12.5. The van der Waals surface area contributed by atoms with Crippen LogP contribution in [0.1, 0.15) is 22.4 Å². The fraction of sp³-hybridized carbons (Fsp3) is 0.133. The van der Waals surface area contributed by atoms with E-state index < -0.39 is 20.8 Å². The predicted molar refractivity (Wildman–Crippen MR) is 148 cm³/mol. The van der Waals surface area contributed by atoms with Crippen LogP contribution in [0.2, 0.25) is 0 Å². The number of aromatic nitrogens is 2. The summed E-state index contributed by atoms with van der Waals surface area (Å²) in [5, 5.41) is 5.35. The fourth-order valence-corrected chi connectivity index (χ4v) is 4.52. The summed E-state index contributed by atoms with van der Waals surface area (Å²) in [6.07, 6.45) is 6.35. The molecule has 0 atom stereocenters. The third kappa shape index (κ3) is 5.92. The third-order valence-corrected chi connectivity index (χ3v) is 6.24. The number of fused-ring (bicyclic) bond motifs is 2. The van der Waals surface area contributed by atoms with Crippen LogP contribution >= 0.6 is 17.0 Å². The van der Waals surface area contributed by atoms with Crippen LogP contribution in [0.4, 0.5) is 0 Å². The molecule has 6 rings (SSSR count). The second kappa shape index (κ2) is 11.6. The van der Waals surface area contributed by atoms with Gasteiger partial charge < -0.3 is 9.13 Å². The monoisotopic (exact) mass is 576 g/mol. The average molecular weight is 579 g/mol. The van der Waals surface area contributed by atoms with Gasteiger partial charge in [0.1, 0.15) is 0 Å². The molecule has 0 N–H and O–H groups in total. The molecule has 6 aromatic rings. The van der Waals surface area contributed by atoms with Gasteiger partial charge in [-0.2, -0.15) is 0 Å². The Kier molecular flexibility index (Phi) is 8.55. The Hall–Kier alpha value is -2.32. The van der Waals surface area contributed by atoms with Gasteiger partial charge in [-0.15, -0.1) is 75.6 Å². The first-order valence-corrected chi connectivity index (χ1v) is 17.8. The van der Waals surface area contributed by atoms with Crippen molar-refractivity contribution in [3.05, 3.63) is 120 Å². The van der Waals surface area contributed by atoms with Gasteiger partial charge in [-0.1, -0.05) is 24.6 Å². The maximum atomic E-state index is 4.93. The van der Waals surface area contributed by atoms with E-state index in [1.165, 1.54) is 55.3 Å². The molecule has 0 bridgehead atoms. The van der Waals surface area contributed by atoms with E-state index in [1.807, 2.05) is 0 Å². The van der Waals surface area contributed by atoms with Crippen LogP contribution in [-0.4, -0.2) is 9.13 Å². The third-order valence-electron chi connectivity index (χ3n) is 6.24. The quantitative estimate of drug-likeness (QED) is 0.181. The van der Waals surface area contributed by atoms with Gasteiger partial charge in [-0.3, -0.25) is 0 Å². The minimum absolute atomic E-state index is 0.826. The van der Waals surface area contributed by atoms with Crippen molar-refractivity contribution >= 4 is 38.6 Å². The van der Waals surface area contributed by atoms with Crippen molar-refractivity contribution in [2.24, 2.45) is 0 Å². The number of hydrogen-bond acceptors (Lipinski definition) is 0. The Morgan fingerprint density at radius 1 is 0.743 bits per heavy atom. The molecule has 4 aromatic carbocycles. The summed E-state index contributed by atoms with van der Waals surface area (Å²) in [6.45, 7) is 8.61. The van der Waals surface area contributed by atoms with E-state index in [9.17, 15) is 0 Å². The molecule has 2 aromatic heterocycles. The normalized spacial score (nSPS) is 10.5. The van der Waals surface area contributed by atoms with E-state index in [2.05, 4.69) is 134 Å². The van der Waals surface area contributed by atoms with Crippen molar-refractivity contribution in [3.8, 4) is 11.4 Å². The summed E-state index contributed by atoms with van der Waals surface area (Å²) in [5.74, 6) is 0. The Bertz CT molecular complexity index is 1460. The maximum absolute atomic E-state index is 4.93. The van der Waals surface area contributed by atoms with E-state index in [-0.39, 0.29) is 0 Å². The first kappa shape index (κ1) is 25.8. The number of aryl methyl sites for hydroxylation is 4. The van der Waals surface area contributed by atoms with Crippen molar-refractivity contribution < 1.29 is 20.8 Å². The number of benzene rings is 2. The van der Waals surface area contributed by atoms with Gasteiger partial charge in [-0.05, 0) is 55.9 Å². The van der Waals surface area contributed by atoms with Crippen molar-refractivity contribution in [1.29, 1.82) is 0 Å². The van der Waals surface area contributed by atoms with E-state index in [0.29, 0.717) is 0 Å². The summed E-state index contributed by atoms with van der Waals surface area (Å²) in [4.78, 5) is 0. The molecule has 176 valence electrons. The zero-order valence-electron chi connectivity index (χ0n) is 20.4. The number of rotatable bonds is 2. The number of hydrogen-bond donors (Lipinski definition) is 0. The molecule has 0 aliphatic rings. The van der Waals surface area contributed by atoms with Gasteiger partial charge in [0.05, 0.1) is 0 Å². The van der Waals surface area contributed by atoms with Gasteiger partial charge in [-0.25, -0.2) is 0 Å². The Balaban J connectivity index is 0.000000149.